The highest BCUT2D eigenvalue weighted by Crippen LogP contribution is 2.13. The van der Waals surface area contributed by atoms with Crippen molar-refractivity contribution in [2.75, 3.05) is 40.4 Å². The maximum atomic E-state index is 5.11. The Morgan fingerprint density at radius 2 is 2.33 bits per heavy atom. The molecule has 0 spiro atoms. The smallest absolute Gasteiger partial charge is 0.0477 e. The molecule has 3 heteroatoms. The van der Waals surface area contributed by atoms with Crippen LogP contribution in [-0.2, 0) is 4.74 Å². The van der Waals surface area contributed by atoms with Crippen molar-refractivity contribution in [3.8, 4) is 0 Å². The summed E-state index contributed by atoms with van der Waals surface area (Å²) >= 11 is 0. The molecular formula is C12H26N2O. The second-order valence-electron chi connectivity index (χ2n) is 4.78. The van der Waals surface area contributed by atoms with Gasteiger partial charge in [-0.25, -0.2) is 0 Å². The maximum Gasteiger partial charge on any atom is 0.0477 e. The summed E-state index contributed by atoms with van der Waals surface area (Å²) in [6.45, 7) is 6.78. The molecule has 0 bridgehead atoms. The molecule has 1 fully saturated rings. The van der Waals surface area contributed by atoms with Gasteiger partial charge in [0.15, 0.2) is 0 Å². The Hall–Kier alpha value is -0.120. The van der Waals surface area contributed by atoms with Crippen LogP contribution in [0.5, 0.6) is 0 Å². The number of ether oxygens (including phenoxy) is 1. The van der Waals surface area contributed by atoms with Crippen LogP contribution in [0.4, 0.5) is 0 Å². The predicted octanol–water partition coefficient (Wildman–Crippen LogP) is 1.34. The lowest BCUT2D eigenvalue weighted by molar-refractivity contribution is 0.138. The molecule has 0 aromatic carbocycles. The minimum Gasteiger partial charge on any atom is -0.385 e. The normalized spacial score (nSPS) is 24.4. The fraction of sp³-hybridized carbons (Fsp3) is 1.00. The van der Waals surface area contributed by atoms with Gasteiger partial charge in [-0.15, -0.1) is 0 Å². The molecule has 2 unspecified atom stereocenters. The Balaban J connectivity index is 2.17. The highest BCUT2D eigenvalue weighted by molar-refractivity contribution is 4.74. The SMILES string of the molecule is COCCC(C)N(C)CC1CCCNC1. The molecule has 1 rings (SSSR count). The van der Waals surface area contributed by atoms with Gasteiger partial charge in [0.25, 0.3) is 0 Å². The average Bonchev–Trinajstić information content (AvgIpc) is 2.27. The Morgan fingerprint density at radius 1 is 1.53 bits per heavy atom. The molecule has 2 atom stereocenters. The van der Waals surface area contributed by atoms with Gasteiger partial charge < -0.3 is 15.0 Å². The number of hydrogen-bond acceptors (Lipinski definition) is 3. The summed E-state index contributed by atoms with van der Waals surface area (Å²) in [4.78, 5) is 2.47. The molecule has 1 aliphatic heterocycles. The van der Waals surface area contributed by atoms with Gasteiger partial charge in [-0.1, -0.05) is 0 Å². The second kappa shape index (κ2) is 7.20. The van der Waals surface area contributed by atoms with E-state index >= 15 is 0 Å². The maximum absolute atomic E-state index is 5.11. The average molecular weight is 214 g/mol. The van der Waals surface area contributed by atoms with Gasteiger partial charge in [-0.05, 0) is 52.2 Å². The molecule has 1 saturated heterocycles. The van der Waals surface area contributed by atoms with E-state index < -0.39 is 0 Å². The van der Waals surface area contributed by atoms with Crippen LogP contribution in [0.3, 0.4) is 0 Å². The van der Waals surface area contributed by atoms with Gasteiger partial charge >= 0.3 is 0 Å². The van der Waals surface area contributed by atoms with Crippen LogP contribution < -0.4 is 5.32 Å². The summed E-state index contributed by atoms with van der Waals surface area (Å²) in [6, 6.07) is 0.631. The van der Waals surface area contributed by atoms with Crippen molar-refractivity contribution in [3.63, 3.8) is 0 Å². The molecule has 15 heavy (non-hydrogen) atoms. The van der Waals surface area contributed by atoms with Crippen molar-refractivity contribution in [2.45, 2.75) is 32.2 Å². The number of nitrogens with one attached hydrogen (secondary N) is 1. The van der Waals surface area contributed by atoms with Crippen LogP contribution in [0.1, 0.15) is 26.2 Å². The van der Waals surface area contributed by atoms with Gasteiger partial charge in [0.2, 0.25) is 0 Å². The molecule has 3 nitrogen and oxygen atoms in total. The first-order chi connectivity index (χ1) is 7.24. The molecule has 0 aromatic rings. The third kappa shape index (κ3) is 4.96. The third-order valence-electron chi connectivity index (χ3n) is 3.44. The van der Waals surface area contributed by atoms with Crippen molar-refractivity contribution in [2.24, 2.45) is 5.92 Å². The number of methoxy groups -OCH3 is 1. The minimum absolute atomic E-state index is 0.631. The van der Waals surface area contributed by atoms with Crippen LogP contribution >= 0.6 is 0 Å². The standard InChI is InChI=1S/C12H26N2O/c1-11(6-8-15-3)14(2)10-12-5-4-7-13-9-12/h11-13H,4-10H2,1-3H3. The van der Waals surface area contributed by atoms with E-state index in [1.807, 2.05) is 0 Å². The van der Waals surface area contributed by atoms with Crippen molar-refractivity contribution in [1.82, 2.24) is 10.2 Å². The Kier molecular flexibility index (Phi) is 6.22. The first kappa shape index (κ1) is 12.9. The predicted molar refractivity (Wildman–Crippen MR) is 64.2 cm³/mol. The zero-order valence-corrected chi connectivity index (χ0v) is 10.5. The molecule has 0 aliphatic carbocycles. The fourth-order valence-corrected chi connectivity index (χ4v) is 2.18. The zero-order valence-electron chi connectivity index (χ0n) is 10.5. The van der Waals surface area contributed by atoms with Crippen molar-refractivity contribution in [3.05, 3.63) is 0 Å². The van der Waals surface area contributed by atoms with Crippen LogP contribution in [0, 0.1) is 5.92 Å². The second-order valence-corrected chi connectivity index (χ2v) is 4.78. The highest BCUT2D eigenvalue weighted by Gasteiger charge is 2.17. The minimum atomic E-state index is 0.631. The van der Waals surface area contributed by atoms with E-state index in [0.29, 0.717) is 6.04 Å². The summed E-state index contributed by atoms with van der Waals surface area (Å²) in [5, 5.41) is 3.47. The molecule has 0 amide bonds. The van der Waals surface area contributed by atoms with Crippen LogP contribution in [0.2, 0.25) is 0 Å². The van der Waals surface area contributed by atoms with Gasteiger partial charge in [0.05, 0.1) is 0 Å². The van der Waals surface area contributed by atoms with Crippen LogP contribution in [-0.4, -0.2) is 51.3 Å². The molecule has 1 heterocycles. The Labute approximate surface area is 94.2 Å². The number of piperidine rings is 1. The van der Waals surface area contributed by atoms with Gasteiger partial charge in [0, 0.05) is 26.3 Å². The van der Waals surface area contributed by atoms with E-state index in [0.717, 1.165) is 18.9 Å². The zero-order chi connectivity index (χ0) is 11.1. The van der Waals surface area contributed by atoms with E-state index in [2.05, 4.69) is 24.2 Å². The quantitative estimate of drug-likeness (QED) is 0.722. The third-order valence-corrected chi connectivity index (χ3v) is 3.44. The largest absolute Gasteiger partial charge is 0.385 e. The summed E-state index contributed by atoms with van der Waals surface area (Å²) in [5.74, 6) is 0.841. The van der Waals surface area contributed by atoms with Crippen LogP contribution in [0.15, 0.2) is 0 Å². The van der Waals surface area contributed by atoms with E-state index in [1.165, 1.54) is 32.5 Å². The van der Waals surface area contributed by atoms with Crippen molar-refractivity contribution >= 4 is 0 Å². The lowest BCUT2D eigenvalue weighted by atomic mass is 9.98. The first-order valence-electron chi connectivity index (χ1n) is 6.14. The fourth-order valence-electron chi connectivity index (χ4n) is 2.18. The van der Waals surface area contributed by atoms with Gasteiger partial charge in [0.1, 0.15) is 0 Å². The van der Waals surface area contributed by atoms with E-state index in [4.69, 9.17) is 4.74 Å². The van der Waals surface area contributed by atoms with Gasteiger partial charge in [-0.2, -0.15) is 0 Å². The van der Waals surface area contributed by atoms with E-state index in [9.17, 15) is 0 Å². The lowest BCUT2D eigenvalue weighted by Crippen LogP contribution is -2.40. The number of nitrogens with zero attached hydrogens (tertiary/aromatic N) is 1. The molecular weight excluding hydrogens is 188 g/mol. The van der Waals surface area contributed by atoms with Crippen molar-refractivity contribution < 1.29 is 4.74 Å². The summed E-state index contributed by atoms with van der Waals surface area (Å²) in [5.41, 5.74) is 0. The Morgan fingerprint density at radius 3 is 2.93 bits per heavy atom. The molecule has 1 N–H and O–H groups in total. The molecule has 0 saturated carbocycles. The first-order valence-corrected chi connectivity index (χ1v) is 6.14. The summed E-state index contributed by atoms with van der Waals surface area (Å²) < 4.78 is 5.11. The summed E-state index contributed by atoms with van der Waals surface area (Å²) in [7, 11) is 4.01. The molecule has 0 radical (unpaired) electrons. The molecule has 1 aliphatic rings. The Bertz CT molecular complexity index is 158. The monoisotopic (exact) mass is 214 g/mol. The molecule has 90 valence electrons. The summed E-state index contributed by atoms with van der Waals surface area (Å²) in [6.07, 6.45) is 3.85. The van der Waals surface area contributed by atoms with E-state index in [-0.39, 0.29) is 0 Å². The van der Waals surface area contributed by atoms with Crippen LogP contribution in [0.25, 0.3) is 0 Å². The van der Waals surface area contributed by atoms with Crippen molar-refractivity contribution in [1.29, 1.82) is 0 Å². The highest BCUT2D eigenvalue weighted by atomic mass is 16.5. The topological polar surface area (TPSA) is 24.5 Å². The van der Waals surface area contributed by atoms with Gasteiger partial charge in [-0.3, -0.25) is 0 Å². The number of rotatable bonds is 6. The number of hydrogen-bond donors (Lipinski definition) is 1. The lowest BCUT2D eigenvalue weighted by Gasteiger charge is -2.31. The molecule has 0 aromatic heterocycles. The van der Waals surface area contributed by atoms with E-state index in [1.54, 1.807) is 7.11 Å².